The third-order valence-electron chi connectivity index (χ3n) is 2.67. The summed E-state index contributed by atoms with van der Waals surface area (Å²) < 4.78 is 9.57. The maximum absolute atomic E-state index is 11.3. The van der Waals surface area contributed by atoms with E-state index in [1.165, 1.54) is 22.9 Å². The van der Waals surface area contributed by atoms with Crippen molar-refractivity contribution in [3.63, 3.8) is 0 Å². The van der Waals surface area contributed by atoms with Gasteiger partial charge in [-0.1, -0.05) is 34.8 Å². The van der Waals surface area contributed by atoms with E-state index in [-0.39, 0.29) is 15.7 Å². The summed E-state index contributed by atoms with van der Waals surface area (Å²) >= 11 is 19.1. The van der Waals surface area contributed by atoms with Crippen molar-refractivity contribution in [3.8, 4) is 5.69 Å². The first kappa shape index (κ1) is 13.6. The Hall–Kier alpha value is -1.34. The van der Waals surface area contributed by atoms with Gasteiger partial charge in [0, 0.05) is 6.20 Å². The van der Waals surface area contributed by atoms with Crippen molar-refractivity contribution >= 4 is 63.5 Å². The van der Waals surface area contributed by atoms with Gasteiger partial charge in [-0.05, 0) is 12.1 Å². The molecular formula is C11H4Cl3N3O2S. The lowest BCUT2D eigenvalue weighted by molar-refractivity contribution is 0.0688. The second kappa shape index (κ2) is 4.89. The summed E-state index contributed by atoms with van der Waals surface area (Å²) in [6, 6.07) is 2.84. The Morgan fingerprint density at radius 2 is 1.85 bits per heavy atom. The number of nitrogens with zero attached hydrogens (tertiary/aromatic N) is 3. The Morgan fingerprint density at radius 3 is 2.55 bits per heavy atom. The van der Waals surface area contributed by atoms with Crippen LogP contribution in [0.1, 0.15) is 10.5 Å². The lowest BCUT2D eigenvalue weighted by atomic mass is 10.2. The van der Waals surface area contributed by atoms with Crippen LogP contribution in [0.4, 0.5) is 11.4 Å². The number of hydrogen-bond acceptors (Lipinski definition) is 3. The molecule has 1 aromatic carbocycles. The molecular weight excluding hydrogens is 345 g/mol. The Balaban J connectivity index is 2.35. The first-order chi connectivity index (χ1) is 9.49. The van der Waals surface area contributed by atoms with Crippen LogP contribution in [-0.4, -0.2) is 15.6 Å². The Kier molecular flexibility index (Phi) is 3.33. The fourth-order valence-electron chi connectivity index (χ4n) is 1.87. The highest BCUT2D eigenvalue weighted by atomic mass is 35.5. The quantitative estimate of drug-likeness (QED) is 0.718. The fourth-order valence-corrected chi connectivity index (χ4v) is 3.27. The van der Waals surface area contributed by atoms with Crippen LogP contribution in [0.5, 0.6) is 0 Å². The van der Waals surface area contributed by atoms with Gasteiger partial charge >= 0.3 is 5.97 Å². The number of fused-ring (bicyclic) bond motifs is 1. The molecule has 5 nitrogen and oxygen atoms in total. The summed E-state index contributed by atoms with van der Waals surface area (Å²) in [6.07, 6.45) is 1.46. The Morgan fingerprint density at radius 1 is 1.15 bits per heavy atom. The summed E-state index contributed by atoms with van der Waals surface area (Å²) in [4.78, 5) is 11.3. The van der Waals surface area contributed by atoms with E-state index in [0.29, 0.717) is 22.1 Å². The highest BCUT2D eigenvalue weighted by molar-refractivity contribution is 7.58. The largest absolute Gasteiger partial charge is 0.477 e. The first-order valence-electron chi connectivity index (χ1n) is 5.21. The van der Waals surface area contributed by atoms with Gasteiger partial charge in [-0.15, -0.1) is 0 Å². The summed E-state index contributed by atoms with van der Waals surface area (Å²) in [5.74, 6) is -1.13. The number of aromatic carboxylic acids is 1. The molecule has 2 aromatic rings. The highest BCUT2D eigenvalue weighted by Gasteiger charge is 2.23. The van der Waals surface area contributed by atoms with E-state index in [0.717, 1.165) is 11.4 Å². The molecule has 20 heavy (non-hydrogen) atoms. The predicted molar refractivity (Wildman–Crippen MR) is 79.3 cm³/mol. The predicted octanol–water partition coefficient (Wildman–Crippen LogP) is 4.86. The van der Waals surface area contributed by atoms with Gasteiger partial charge < -0.3 is 9.67 Å². The van der Waals surface area contributed by atoms with E-state index in [1.807, 2.05) is 0 Å². The summed E-state index contributed by atoms with van der Waals surface area (Å²) in [5, 5.41) is 10.1. The van der Waals surface area contributed by atoms with Crippen LogP contribution in [0.15, 0.2) is 27.1 Å². The SMILES string of the molecule is O=C(O)c1cc(Cl)cn1-c1c(Cl)cc(Cl)c2c1N=S=N2. The lowest BCUT2D eigenvalue weighted by Gasteiger charge is -2.12. The van der Waals surface area contributed by atoms with Gasteiger partial charge in [-0.3, -0.25) is 0 Å². The van der Waals surface area contributed by atoms with Crippen molar-refractivity contribution in [2.45, 2.75) is 0 Å². The minimum Gasteiger partial charge on any atom is -0.477 e. The van der Waals surface area contributed by atoms with Crippen LogP contribution in [0.25, 0.3) is 5.69 Å². The molecule has 9 heteroatoms. The Bertz CT molecular complexity index is 825. The van der Waals surface area contributed by atoms with Crippen LogP contribution >= 0.6 is 34.8 Å². The van der Waals surface area contributed by atoms with Crippen LogP contribution in [-0.2, 0) is 11.4 Å². The number of rotatable bonds is 2. The maximum Gasteiger partial charge on any atom is 0.352 e. The van der Waals surface area contributed by atoms with E-state index >= 15 is 0 Å². The standard InChI is InChI=1S/C11H4Cl3N3O2S/c12-4-1-7(11(18)19)17(3-4)10-6(14)2-5(13)8-9(10)16-20-15-8/h1-3H,(H,18,19). The normalized spacial score (nSPS) is 12.3. The summed E-state index contributed by atoms with van der Waals surface area (Å²) in [5.41, 5.74) is 1.28. The molecule has 1 aliphatic heterocycles. The number of carboxylic acids is 1. The second-order valence-corrected chi connectivity index (χ2v) is 5.65. The molecule has 0 amide bonds. The smallest absolute Gasteiger partial charge is 0.352 e. The van der Waals surface area contributed by atoms with Gasteiger partial charge in [0.15, 0.2) is 0 Å². The molecule has 0 bridgehead atoms. The molecule has 2 heterocycles. The van der Waals surface area contributed by atoms with Crippen LogP contribution in [0, 0.1) is 0 Å². The van der Waals surface area contributed by atoms with Crippen molar-refractivity contribution in [2.24, 2.45) is 8.73 Å². The van der Waals surface area contributed by atoms with Crippen LogP contribution in [0.3, 0.4) is 0 Å². The zero-order valence-corrected chi connectivity index (χ0v) is 12.6. The minimum absolute atomic E-state index is 0.0199. The zero-order valence-electron chi connectivity index (χ0n) is 9.47. The fraction of sp³-hybridized carbons (Fsp3) is 0. The molecule has 1 aromatic heterocycles. The van der Waals surface area contributed by atoms with Gasteiger partial charge in [0.2, 0.25) is 0 Å². The number of aromatic nitrogens is 1. The molecule has 0 aliphatic carbocycles. The molecule has 0 saturated carbocycles. The molecule has 0 spiro atoms. The number of halogens is 3. The van der Waals surface area contributed by atoms with E-state index < -0.39 is 5.97 Å². The van der Waals surface area contributed by atoms with Gasteiger partial charge in [0.25, 0.3) is 0 Å². The van der Waals surface area contributed by atoms with Gasteiger partial charge in [0.05, 0.1) is 32.1 Å². The van der Waals surface area contributed by atoms with Crippen LogP contribution in [0.2, 0.25) is 15.1 Å². The molecule has 3 rings (SSSR count). The van der Waals surface area contributed by atoms with Gasteiger partial charge in [-0.25, -0.2) is 4.79 Å². The third-order valence-corrected chi connectivity index (χ3v) is 3.98. The van der Waals surface area contributed by atoms with Crippen molar-refractivity contribution < 1.29 is 9.90 Å². The van der Waals surface area contributed by atoms with Crippen molar-refractivity contribution in [1.82, 2.24) is 4.57 Å². The molecule has 0 fully saturated rings. The molecule has 1 aliphatic rings. The van der Waals surface area contributed by atoms with E-state index in [2.05, 4.69) is 8.73 Å². The number of carboxylic acid groups (broad SMARTS) is 1. The molecule has 1 N–H and O–H groups in total. The Labute approximate surface area is 131 Å². The maximum atomic E-state index is 11.3. The first-order valence-corrected chi connectivity index (χ1v) is 7.07. The molecule has 0 unspecified atom stereocenters. The van der Waals surface area contributed by atoms with E-state index in [1.54, 1.807) is 0 Å². The van der Waals surface area contributed by atoms with E-state index in [4.69, 9.17) is 34.8 Å². The average Bonchev–Trinajstić information content (AvgIpc) is 2.96. The van der Waals surface area contributed by atoms with Crippen LogP contribution < -0.4 is 0 Å². The third kappa shape index (κ3) is 2.05. The molecule has 0 saturated heterocycles. The minimum atomic E-state index is -1.13. The van der Waals surface area contributed by atoms with Crippen molar-refractivity contribution in [1.29, 1.82) is 0 Å². The highest BCUT2D eigenvalue weighted by Crippen LogP contribution is 2.46. The monoisotopic (exact) mass is 347 g/mol. The zero-order chi connectivity index (χ0) is 14.4. The van der Waals surface area contributed by atoms with Gasteiger partial charge in [0.1, 0.15) is 17.1 Å². The average molecular weight is 349 g/mol. The summed E-state index contributed by atoms with van der Waals surface area (Å²) in [6.45, 7) is 0. The number of hydrogen-bond donors (Lipinski definition) is 1. The molecule has 0 radical (unpaired) electrons. The van der Waals surface area contributed by atoms with E-state index in [9.17, 15) is 9.90 Å². The van der Waals surface area contributed by atoms with Crippen molar-refractivity contribution in [2.75, 3.05) is 0 Å². The number of benzene rings is 1. The molecule has 0 atom stereocenters. The molecule has 102 valence electrons. The second-order valence-electron chi connectivity index (χ2n) is 3.87. The van der Waals surface area contributed by atoms with Gasteiger partial charge in [-0.2, -0.15) is 8.73 Å². The number of carbonyl (C=O) groups is 1. The summed E-state index contributed by atoms with van der Waals surface area (Å²) in [7, 11) is 0. The van der Waals surface area contributed by atoms with Crippen molar-refractivity contribution in [3.05, 3.63) is 39.1 Å². The topological polar surface area (TPSA) is 66.9 Å². The lowest BCUT2D eigenvalue weighted by Crippen LogP contribution is -2.06.